The van der Waals surface area contributed by atoms with Gasteiger partial charge >= 0.3 is 0 Å². The van der Waals surface area contributed by atoms with Crippen LogP contribution >= 0.6 is 0 Å². The maximum atomic E-state index is 6.46. The van der Waals surface area contributed by atoms with E-state index in [1.165, 1.54) is 55.1 Å². The van der Waals surface area contributed by atoms with E-state index in [9.17, 15) is 0 Å². The topological polar surface area (TPSA) is 9.23 Å². The molecule has 0 bridgehead atoms. The van der Waals surface area contributed by atoms with Gasteiger partial charge in [-0.25, -0.2) is 0 Å². The largest absolute Gasteiger partial charge is 0.547 e. The van der Waals surface area contributed by atoms with E-state index < -0.39 is 8.32 Å². The summed E-state index contributed by atoms with van der Waals surface area (Å²) in [5.41, 5.74) is 1.52. The Kier molecular flexibility index (Phi) is 4.90. The lowest BCUT2D eigenvalue weighted by molar-refractivity contribution is 0.358. The van der Waals surface area contributed by atoms with Crippen molar-refractivity contribution in [3.63, 3.8) is 0 Å². The van der Waals surface area contributed by atoms with Crippen LogP contribution < -0.4 is 0 Å². The summed E-state index contributed by atoms with van der Waals surface area (Å²) in [7, 11) is -1.40. The van der Waals surface area contributed by atoms with Gasteiger partial charge in [0.15, 0.2) is 0 Å². The molecule has 1 nitrogen and oxygen atoms in total. The predicted molar refractivity (Wildman–Crippen MR) is 69.5 cm³/mol. The molecule has 1 aliphatic rings. The number of hydrogen-bond acceptors (Lipinski definition) is 1. The maximum absolute atomic E-state index is 6.46. The zero-order valence-electron chi connectivity index (χ0n) is 10.9. The highest BCUT2D eigenvalue weighted by atomic mass is 28.4. The third-order valence-corrected chi connectivity index (χ3v) is 8.50. The van der Waals surface area contributed by atoms with E-state index in [2.05, 4.69) is 27.7 Å². The fraction of sp³-hybridized carbons (Fsp3) is 0.846. The first kappa shape index (κ1) is 12.8. The lowest BCUT2D eigenvalue weighted by Gasteiger charge is -2.33. The average Bonchev–Trinajstić information content (AvgIpc) is 2.29. The molecule has 0 saturated heterocycles. The molecular weight excluding hydrogens is 200 g/mol. The van der Waals surface area contributed by atoms with Crippen LogP contribution in [0.15, 0.2) is 11.3 Å². The second-order valence-corrected chi connectivity index (χ2v) is 9.45. The van der Waals surface area contributed by atoms with Gasteiger partial charge < -0.3 is 4.43 Å². The minimum absolute atomic E-state index is 1.20. The second-order valence-electron chi connectivity index (χ2n) is 4.76. The van der Waals surface area contributed by atoms with Gasteiger partial charge in [0.25, 0.3) is 0 Å². The van der Waals surface area contributed by atoms with Crippen molar-refractivity contribution in [3.8, 4) is 0 Å². The minimum atomic E-state index is -1.40. The Bertz CT molecular complexity index is 220. The lowest BCUT2D eigenvalue weighted by Crippen LogP contribution is -2.35. The van der Waals surface area contributed by atoms with Crippen molar-refractivity contribution in [3.05, 3.63) is 11.3 Å². The SMILES string of the molecule is CC[Si](CC)(CC)OC1=C(C)CCCC1. The van der Waals surface area contributed by atoms with Gasteiger partial charge in [-0.2, -0.15) is 0 Å². The highest BCUT2D eigenvalue weighted by Gasteiger charge is 2.32. The van der Waals surface area contributed by atoms with Gasteiger partial charge in [0.05, 0.1) is 5.76 Å². The molecule has 0 unspecified atom stereocenters. The second kappa shape index (κ2) is 5.74. The maximum Gasteiger partial charge on any atom is 0.250 e. The van der Waals surface area contributed by atoms with Crippen molar-refractivity contribution in [1.82, 2.24) is 0 Å². The highest BCUT2D eigenvalue weighted by Crippen LogP contribution is 2.32. The molecule has 0 aromatic carbocycles. The quantitative estimate of drug-likeness (QED) is 0.609. The van der Waals surface area contributed by atoms with E-state index in [1.54, 1.807) is 0 Å². The van der Waals surface area contributed by atoms with Crippen LogP contribution in [0, 0.1) is 0 Å². The first-order valence-corrected chi connectivity index (χ1v) is 9.08. The van der Waals surface area contributed by atoms with Crippen LogP contribution in [0.25, 0.3) is 0 Å². The fourth-order valence-electron chi connectivity index (χ4n) is 2.39. The van der Waals surface area contributed by atoms with Crippen molar-refractivity contribution in [2.75, 3.05) is 0 Å². The lowest BCUT2D eigenvalue weighted by atomic mass is 9.99. The molecule has 1 rings (SSSR count). The summed E-state index contributed by atoms with van der Waals surface area (Å²) >= 11 is 0. The van der Waals surface area contributed by atoms with Gasteiger partial charge in [-0.1, -0.05) is 20.8 Å². The Morgan fingerprint density at radius 1 is 1.00 bits per heavy atom. The van der Waals surface area contributed by atoms with Crippen molar-refractivity contribution in [2.24, 2.45) is 0 Å². The zero-order valence-corrected chi connectivity index (χ0v) is 11.9. The van der Waals surface area contributed by atoms with Crippen molar-refractivity contribution in [1.29, 1.82) is 0 Å². The van der Waals surface area contributed by atoms with Crippen LogP contribution in [-0.2, 0) is 4.43 Å². The van der Waals surface area contributed by atoms with E-state index in [0.29, 0.717) is 0 Å². The van der Waals surface area contributed by atoms with Crippen LogP contribution in [0.5, 0.6) is 0 Å². The monoisotopic (exact) mass is 226 g/mol. The molecule has 0 aliphatic heterocycles. The standard InChI is InChI=1S/C13H26OSi/c1-5-15(6-2,7-3)14-13-11-9-8-10-12(13)4/h5-11H2,1-4H3. The van der Waals surface area contributed by atoms with Crippen molar-refractivity contribution in [2.45, 2.75) is 71.5 Å². The first-order chi connectivity index (χ1) is 7.17. The van der Waals surface area contributed by atoms with Gasteiger partial charge in [0.2, 0.25) is 8.32 Å². The van der Waals surface area contributed by atoms with Gasteiger partial charge in [0, 0.05) is 6.42 Å². The molecule has 0 fully saturated rings. The van der Waals surface area contributed by atoms with Crippen LogP contribution in [0.3, 0.4) is 0 Å². The predicted octanol–water partition coefficient (Wildman–Crippen LogP) is 4.86. The van der Waals surface area contributed by atoms with E-state index >= 15 is 0 Å². The molecular formula is C13H26OSi. The van der Waals surface area contributed by atoms with E-state index in [0.717, 1.165) is 0 Å². The van der Waals surface area contributed by atoms with Crippen LogP contribution in [0.1, 0.15) is 53.4 Å². The number of allylic oxidation sites excluding steroid dienone is 2. The molecule has 0 heterocycles. The summed E-state index contributed by atoms with van der Waals surface area (Å²) < 4.78 is 6.46. The van der Waals surface area contributed by atoms with Gasteiger partial charge in [-0.15, -0.1) is 0 Å². The molecule has 0 atom stereocenters. The summed E-state index contributed by atoms with van der Waals surface area (Å²) in [6, 6.07) is 3.78. The molecule has 0 aromatic rings. The highest BCUT2D eigenvalue weighted by molar-refractivity contribution is 6.73. The van der Waals surface area contributed by atoms with Crippen molar-refractivity contribution >= 4 is 8.32 Å². The Balaban J connectivity index is 2.72. The summed E-state index contributed by atoms with van der Waals surface area (Å²) in [6.07, 6.45) is 5.14. The summed E-state index contributed by atoms with van der Waals surface area (Å²) in [4.78, 5) is 0. The molecule has 0 aromatic heterocycles. The molecule has 0 saturated carbocycles. The number of hydrogen-bond donors (Lipinski definition) is 0. The van der Waals surface area contributed by atoms with Crippen molar-refractivity contribution < 1.29 is 4.43 Å². The molecule has 1 aliphatic carbocycles. The third kappa shape index (κ3) is 3.10. The van der Waals surface area contributed by atoms with E-state index in [-0.39, 0.29) is 0 Å². The number of rotatable bonds is 5. The minimum Gasteiger partial charge on any atom is -0.547 e. The molecule has 15 heavy (non-hydrogen) atoms. The molecule has 2 heteroatoms. The Morgan fingerprint density at radius 3 is 2.00 bits per heavy atom. The van der Waals surface area contributed by atoms with E-state index in [1.807, 2.05) is 0 Å². The zero-order chi connectivity index (χ0) is 11.3. The Hall–Kier alpha value is -0.243. The molecule has 88 valence electrons. The van der Waals surface area contributed by atoms with Crippen LogP contribution in [0.4, 0.5) is 0 Å². The Morgan fingerprint density at radius 2 is 1.53 bits per heavy atom. The molecule has 0 N–H and O–H groups in total. The fourth-order valence-corrected chi connectivity index (χ4v) is 5.13. The summed E-state index contributed by atoms with van der Waals surface area (Å²) in [6.45, 7) is 9.17. The smallest absolute Gasteiger partial charge is 0.250 e. The van der Waals surface area contributed by atoms with Gasteiger partial charge in [-0.05, 0) is 49.9 Å². The molecule has 0 amide bonds. The van der Waals surface area contributed by atoms with Gasteiger partial charge in [-0.3, -0.25) is 0 Å². The molecule has 0 spiro atoms. The average molecular weight is 226 g/mol. The van der Waals surface area contributed by atoms with Crippen LogP contribution in [-0.4, -0.2) is 8.32 Å². The first-order valence-electron chi connectivity index (χ1n) is 6.55. The third-order valence-electron chi connectivity index (χ3n) is 3.95. The van der Waals surface area contributed by atoms with Gasteiger partial charge in [0.1, 0.15) is 0 Å². The van der Waals surface area contributed by atoms with Crippen LogP contribution in [0.2, 0.25) is 18.1 Å². The normalized spacial score (nSPS) is 18.1. The Labute approximate surface area is 96.0 Å². The summed E-state index contributed by atoms with van der Waals surface area (Å²) in [5.74, 6) is 1.36. The van der Waals surface area contributed by atoms with E-state index in [4.69, 9.17) is 4.43 Å². The molecule has 0 radical (unpaired) electrons. The summed E-state index contributed by atoms with van der Waals surface area (Å²) in [5, 5.41) is 0.